The molecule has 240 valence electrons. The highest BCUT2D eigenvalue weighted by molar-refractivity contribution is 5.94. The Morgan fingerprint density at radius 3 is 2.51 bits per heavy atom. The van der Waals surface area contributed by atoms with Crippen molar-refractivity contribution in [1.29, 1.82) is 0 Å². The molecule has 4 heterocycles. The lowest BCUT2D eigenvalue weighted by atomic mass is 9.71. The normalized spacial score (nSPS) is 25.2. The van der Waals surface area contributed by atoms with Crippen LogP contribution in [0.25, 0.3) is 0 Å². The fourth-order valence-corrected chi connectivity index (χ4v) is 7.97. The van der Waals surface area contributed by atoms with E-state index in [2.05, 4.69) is 31.2 Å². The quantitative estimate of drug-likeness (QED) is 0.339. The maximum absolute atomic E-state index is 13.8. The van der Waals surface area contributed by atoms with Crippen molar-refractivity contribution >= 4 is 11.8 Å². The van der Waals surface area contributed by atoms with E-state index in [1.807, 2.05) is 40.1 Å². The Kier molecular flexibility index (Phi) is 7.84. The second kappa shape index (κ2) is 11.7. The van der Waals surface area contributed by atoms with Gasteiger partial charge >= 0.3 is 0 Å². The monoisotopic (exact) mass is 614 g/mol. The van der Waals surface area contributed by atoms with Crippen LogP contribution in [0, 0.1) is 22.7 Å². The van der Waals surface area contributed by atoms with E-state index >= 15 is 0 Å². The van der Waals surface area contributed by atoms with E-state index in [9.17, 15) is 14.7 Å². The number of benzene rings is 1. The van der Waals surface area contributed by atoms with Crippen molar-refractivity contribution in [2.24, 2.45) is 22.7 Å². The van der Waals surface area contributed by atoms with Crippen LogP contribution in [-0.2, 0) is 11.3 Å². The van der Waals surface area contributed by atoms with E-state index in [4.69, 9.17) is 9.40 Å². The topological polar surface area (TPSA) is 117 Å². The van der Waals surface area contributed by atoms with Gasteiger partial charge in [0, 0.05) is 49.8 Å². The van der Waals surface area contributed by atoms with Gasteiger partial charge in [-0.25, -0.2) is 4.98 Å². The van der Waals surface area contributed by atoms with E-state index in [1.54, 1.807) is 23.3 Å². The van der Waals surface area contributed by atoms with Crippen LogP contribution in [0.2, 0.25) is 0 Å². The van der Waals surface area contributed by atoms with Crippen LogP contribution in [-0.4, -0.2) is 73.7 Å². The largest absolute Gasteiger partial charge is 0.448 e. The number of nitrogens with zero attached hydrogens (tertiary/aromatic N) is 5. The summed E-state index contributed by atoms with van der Waals surface area (Å²) in [6.07, 6.45) is 11.1. The first kappa shape index (κ1) is 30.2. The first-order valence-electron chi connectivity index (χ1n) is 16.7. The van der Waals surface area contributed by atoms with Crippen molar-refractivity contribution in [3.05, 3.63) is 71.7 Å². The lowest BCUT2D eigenvalue weighted by Crippen LogP contribution is -2.62. The summed E-state index contributed by atoms with van der Waals surface area (Å²) in [4.78, 5) is 35.7. The number of likely N-dealkylation sites (tertiary alicyclic amines) is 2. The minimum Gasteiger partial charge on any atom is -0.448 e. The molecule has 2 saturated carbocycles. The van der Waals surface area contributed by atoms with Gasteiger partial charge in [-0.3, -0.25) is 19.6 Å². The van der Waals surface area contributed by atoms with Crippen LogP contribution in [0.4, 0.5) is 0 Å². The molecule has 1 aromatic carbocycles. The number of amides is 2. The molecule has 2 saturated heterocycles. The Morgan fingerprint density at radius 2 is 1.80 bits per heavy atom. The van der Waals surface area contributed by atoms with E-state index in [-0.39, 0.29) is 40.5 Å². The first-order valence-corrected chi connectivity index (χ1v) is 16.7. The summed E-state index contributed by atoms with van der Waals surface area (Å²) in [5, 5.41) is 18.8. The molecule has 45 heavy (non-hydrogen) atoms. The molecule has 2 unspecified atom stereocenters. The van der Waals surface area contributed by atoms with Crippen molar-refractivity contribution in [3.8, 4) is 0 Å². The molecule has 10 heteroatoms. The molecule has 0 bridgehead atoms. The number of aliphatic hydroxyl groups is 1. The third kappa shape index (κ3) is 5.94. The Labute approximate surface area is 265 Å². The Morgan fingerprint density at radius 1 is 1.09 bits per heavy atom. The number of oxazole rings is 1. The molecule has 7 rings (SSSR count). The zero-order valence-electron chi connectivity index (χ0n) is 26.7. The molecule has 2 aliphatic heterocycles. The first-order chi connectivity index (χ1) is 21.6. The molecule has 4 aliphatic rings. The van der Waals surface area contributed by atoms with Crippen molar-refractivity contribution < 1.29 is 19.1 Å². The van der Waals surface area contributed by atoms with Gasteiger partial charge in [-0.2, -0.15) is 5.10 Å². The van der Waals surface area contributed by atoms with Crippen LogP contribution in [0.5, 0.6) is 0 Å². The molecule has 3 aromatic rings. The average Bonchev–Trinajstić information content (AvgIpc) is 3.50. The SMILES string of the molecule is C[C@@H](NC(O)c1coc(C2CN(C(=O)c3cnn(Cc4ccccc4)c3)CC23CN(C(=O)[C@H]2CC2(C)C)C3)n1)C1CCCCC1. The molecule has 2 aromatic heterocycles. The van der Waals surface area contributed by atoms with Gasteiger partial charge in [0.2, 0.25) is 5.91 Å². The highest BCUT2D eigenvalue weighted by Crippen LogP contribution is 2.55. The minimum absolute atomic E-state index is 0.0617. The van der Waals surface area contributed by atoms with Gasteiger partial charge in [0.1, 0.15) is 12.0 Å². The summed E-state index contributed by atoms with van der Waals surface area (Å²) in [6.45, 7) is 9.09. The van der Waals surface area contributed by atoms with Gasteiger partial charge in [-0.05, 0) is 43.1 Å². The van der Waals surface area contributed by atoms with Crippen LogP contribution in [0.1, 0.15) is 98.9 Å². The van der Waals surface area contributed by atoms with Gasteiger partial charge in [-0.15, -0.1) is 0 Å². The predicted molar refractivity (Wildman–Crippen MR) is 168 cm³/mol. The third-order valence-corrected chi connectivity index (χ3v) is 11.0. The molecule has 2 aliphatic carbocycles. The Balaban J connectivity index is 1.07. The third-order valence-electron chi connectivity index (χ3n) is 11.0. The summed E-state index contributed by atoms with van der Waals surface area (Å²) < 4.78 is 7.84. The van der Waals surface area contributed by atoms with Gasteiger partial charge in [0.05, 0.1) is 24.2 Å². The van der Waals surface area contributed by atoms with Crippen LogP contribution in [0.3, 0.4) is 0 Å². The molecule has 10 nitrogen and oxygen atoms in total. The molecule has 2 N–H and O–H groups in total. The Bertz CT molecular complexity index is 1520. The summed E-state index contributed by atoms with van der Waals surface area (Å²) in [5.41, 5.74) is 1.83. The number of rotatable bonds is 9. The fourth-order valence-electron chi connectivity index (χ4n) is 7.97. The lowest BCUT2D eigenvalue weighted by molar-refractivity contribution is -0.146. The molecule has 4 fully saturated rings. The van der Waals surface area contributed by atoms with Crippen molar-refractivity contribution in [2.75, 3.05) is 26.2 Å². The lowest BCUT2D eigenvalue weighted by Gasteiger charge is -2.50. The average molecular weight is 615 g/mol. The van der Waals surface area contributed by atoms with Gasteiger partial charge in [-0.1, -0.05) is 63.4 Å². The number of aliphatic hydroxyl groups excluding tert-OH is 1. The van der Waals surface area contributed by atoms with Crippen molar-refractivity contribution in [1.82, 2.24) is 29.9 Å². The second-order valence-electron chi connectivity index (χ2n) is 14.8. The van der Waals surface area contributed by atoms with Crippen LogP contribution < -0.4 is 5.32 Å². The van der Waals surface area contributed by atoms with Gasteiger partial charge in [0.25, 0.3) is 5.91 Å². The molecule has 0 radical (unpaired) electrons. The second-order valence-corrected chi connectivity index (χ2v) is 14.8. The molecule has 4 atom stereocenters. The van der Waals surface area contributed by atoms with E-state index in [1.165, 1.54) is 32.1 Å². The number of carbonyl (C=O) groups is 2. The fraction of sp³-hybridized carbons (Fsp3) is 0.600. The smallest absolute Gasteiger partial charge is 0.257 e. The zero-order chi connectivity index (χ0) is 31.3. The van der Waals surface area contributed by atoms with Crippen LogP contribution in [0.15, 0.2) is 53.4 Å². The minimum atomic E-state index is -0.929. The van der Waals surface area contributed by atoms with Gasteiger partial charge < -0.3 is 19.3 Å². The number of nitrogens with one attached hydrogen (secondary N) is 1. The number of hydrogen-bond acceptors (Lipinski definition) is 7. The van der Waals surface area contributed by atoms with E-state index < -0.39 is 6.23 Å². The zero-order valence-corrected chi connectivity index (χ0v) is 26.7. The summed E-state index contributed by atoms with van der Waals surface area (Å²) in [6, 6.07) is 10.2. The van der Waals surface area contributed by atoms with E-state index in [0.29, 0.717) is 55.8 Å². The molecule has 1 spiro atoms. The Hall–Kier alpha value is -3.50. The summed E-state index contributed by atoms with van der Waals surface area (Å²) >= 11 is 0. The molecular formula is C35H46N6O4. The summed E-state index contributed by atoms with van der Waals surface area (Å²) in [5.74, 6) is 1.08. The highest BCUT2D eigenvalue weighted by atomic mass is 16.3. The summed E-state index contributed by atoms with van der Waals surface area (Å²) in [7, 11) is 0. The number of hydrogen-bond donors (Lipinski definition) is 2. The van der Waals surface area contributed by atoms with Gasteiger partial charge in [0.15, 0.2) is 12.1 Å². The maximum Gasteiger partial charge on any atom is 0.257 e. The van der Waals surface area contributed by atoms with Crippen molar-refractivity contribution in [3.63, 3.8) is 0 Å². The number of aromatic nitrogens is 3. The van der Waals surface area contributed by atoms with E-state index in [0.717, 1.165) is 12.0 Å². The highest BCUT2D eigenvalue weighted by Gasteiger charge is 2.61. The van der Waals surface area contributed by atoms with Crippen molar-refractivity contribution in [2.45, 2.75) is 84.0 Å². The standard InChI is InChI=1S/C35H46N6O4/c1-23(25-12-8-5-9-13-25)37-30(42)29-19-45-31(38-29)28-18-39(20-35(28)21-40(22-35)33(44)27-14-34(27,2)3)32(43)26-15-36-41(17-26)16-24-10-6-4-7-11-24/h4,6-7,10-11,15,17,19,23,25,27-28,30,37,42H,5,8-9,12-14,16,18,20-22H2,1-3H3/t23-,27-,28?,30?/m1/s1. The number of carbonyl (C=O) groups excluding carboxylic acids is 2. The molecular weight excluding hydrogens is 568 g/mol. The maximum atomic E-state index is 13.8. The predicted octanol–water partition coefficient (Wildman–Crippen LogP) is 4.58. The molecule has 2 amide bonds. The van der Waals surface area contributed by atoms with Crippen LogP contribution >= 0.6 is 0 Å².